The number of nitrogens with zero attached hydrogens (tertiary/aromatic N) is 2. The maximum absolute atomic E-state index is 13.6. The molecule has 0 saturated carbocycles. The third kappa shape index (κ3) is 2.57. The number of nitriles is 1. The second-order valence-electron chi connectivity index (χ2n) is 4.54. The topological polar surface area (TPSA) is 48.7 Å². The van der Waals surface area contributed by atoms with Crippen molar-refractivity contribution in [2.75, 3.05) is 5.32 Å². The van der Waals surface area contributed by atoms with Gasteiger partial charge in [-0.2, -0.15) is 5.26 Å². The Bertz CT molecular complexity index is 919. The van der Waals surface area contributed by atoms with E-state index in [0.29, 0.717) is 16.9 Å². The number of nitrogens with one attached hydrogen (secondary N) is 1. The molecular formula is C16H8Cl2FN3. The molecule has 6 heteroatoms. The van der Waals surface area contributed by atoms with E-state index >= 15 is 0 Å². The summed E-state index contributed by atoms with van der Waals surface area (Å²) in [6, 6.07) is 13.6. The molecule has 0 spiro atoms. The van der Waals surface area contributed by atoms with Crippen molar-refractivity contribution in [1.82, 2.24) is 4.98 Å². The maximum atomic E-state index is 13.6. The van der Waals surface area contributed by atoms with Gasteiger partial charge in [0.1, 0.15) is 22.6 Å². The van der Waals surface area contributed by atoms with Crippen molar-refractivity contribution >= 4 is 45.5 Å². The van der Waals surface area contributed by atoms with Crippen LogP contribution >= 0.6 is 23.2 Å². The Morgan fingerprint density at radius 3 is 2.64 bits per heavy atom. The van der Waals surface area contributed by atoms with Gasteiger partial charge in [-0.25, -0.2) is 9.37 Å². The van der Waals surface area contributed by atoms with E-state index in [1.54, 1.807) is 12.1 Å². The van der Waals surface area contributed by atoms with Crippen molar-refractivity contribution in [3.8, 4) is 6.07 Å². The molecule has 3 aromatic rings. The molecule has 0 radical (unpaired) electrons. The van der Waals surface area contributed by atoms with E-state index in [-0.39, 0.29) is 15.7 Å². The van der Waals surface area contributed by atoms with Crippen LogP contribution in [0.5, 0.6) is 0 Å². The highest BCUT2D eigenvalue weighted by atomic mass is 35.5. The van der Waals surface area contributed by atoms with Crippen molar-refractivity contribution in [2.24, 2.45) is 0 Å². The Balaban J connectivity index is 2.20. The minimum atomic E-state index is -0.547. The summed E-state index contributed by atoms with van der Waals surface area (Å²) in [6.45, 7) is 0. The average Bonchev–Trinajstić information content (AvgIpc) is 2.51. The monoisotopic (exact) mass is 331 g/mol. The molecule has 0 amide bonds. The van der Waals surface area contributed by atoms with Crippen LogP contribution < -0.4 is 5.32 Å². The molecule has 0 saturated heterocycles. The predicted molar refractivity (Wildman–Crippen MR) is 86.2 cm³/mol. The number of aromatic nitrogens is 1. The van der Waals surface area contributed by atoms with Crippen LogP contribution in [0.4, 0.5) is 15.8 Å². The van der Waals surface area contributed by atoms with Crippen LogP contribution in [0.1, 0.15) is 5.56 Å². The molecule has 1 N–H and O–H groups in total. The van der Waals surface area contributed by atoms with E-state index in [2.05, 4.69) is 10.3 Å². The summed E-state index contributed by atoms with van der Waals surface area (Å²) in [5.74, 6) is -0.547. The summed E-state index contributed by atoms with van der Waals surface area (Å²) in [7, 11) is 0. The van der Waals surface area contributed by atoms with Crippen LogP contribution in [0.15, 0.2) is 42.5 Å². The van der Waals surface area contributed by atoms with Crippen LogP contribution in [0.25, 0.3) is 10.9 Å². The third-order valence-corrected chi connectivity index (χ3v) is 3.73. The highest BCUT2D eigenvalue weighted by Gasteiger charge is 2.14. The number of rotatable bonds is 2. The summed E-state index contributed by atoms with van der Waals surface area (Å²) in [5.41, 5.74) is 1.80. The molecule has 3 rings (SSSR count). The number of benzene rings is 2. The average molecular weight is 332 g/mol. The largest absolute Gasteiger partial charge is 0.354 e. The van der Waals surface area contributed by atoms with Crippen molar-refractivity contribution < 1.29 is 4.39 Å². The fraction of sp³-hybridized carbons (Fsp3) is 0. The predicted octanol–water partition coefficient (Wildman–Crippen LogP) is 5.30. The van der Waals surface area contributed by atoms with E-state index in [9.17, 15) is 9.65 Å². The van der Waals surface area contributed by atoms with Gasteiger partial charge in [0.2, 0.25) is 0 Å². The third-order valence-electron chi connectivity index (χ3n) is 3.15. The van der Waals surface area contributed by atoms with Gasteiger partial charge < -0.3 is 5.32 Å². The standard InChI is InChI=1S/C16H8Cl2FN3/c17-12-6-5-9(7-13(12)19)21-15-10-3-1-2-4-14(10)22-16(18)11(15)8-20/h1-7H,(H,21,22). The number of pyridine rings is 1. The second kappa shape index (κ2) is 5.80. The highest BCUT2D eigenvalue weighted by Crippen LogP contribution is 2.33. The Morgan fingerprint density at radius 2 is 1.91 bits per heavy atom. The molecule has 0 unspecified atom stereocenters. The van der Waals surface area contributed by atoms with E-state index in [0.717, 1.165) is 5.39 Å². The Kier molecular flexibility index (Phi) is 3.84. The van der Waals surface area contributed by atoms with Crippen LogP contribution in [-0.4, -0.2) is 4.98 Å². The van der Waals surface area contributed by atoms with E-state index in [4.69, 9.17) is 23.2 Å². The van der Waals surface area contributed by atoms with E-state index in [1.165, 1.54) is 12.1 Å². The maximum Gasteiger partial charge on any atom is 0.149 e. The smallest absolute Gasteiger partial charge is 0.149 e. The molecule has 0 aliphatic heterocycles. The molecule has 2 aromatic carbocycles. The summed E-state index contributed by atoms with van der Waals surface area (Å²) in [4.78, 5) is 4.19. The number of fused-ring (bicyclic) bond motifs is 1. The number of para-hydroxylation sites is 1. The fourth-order valence-electron chi connectivity index (χ4n) is 2.13. The number of halogens is 3. The minimum Gasteiger partial charge on any atom is -0.354 e. The van der Waals surface area contributed by atoms with Crippen molar-refractivity contribution in [1.29, 1.82) is 5.26 Å². The molecule has 0 atom stereocenters. The van der Waals surface area contributed by atoms with Crippen molar-refractivity contribution in [3.63, 3.8) is 0 Å². The van der Waals surface area contributed by atoms with Gasteiger partial charge in [0, 0.05) is 11.1 Å². The Hall–Kier alpha value is -2.35. The first-order valence-corrected chi connectivity index (χ1v) is 7.06. The van der Waals surface area contributed by atoms with Crippen LogP contribution in [0, 0.1) is 17.1 Å². The molecule has 0 fully saturated rings. The normalized spacial score (nSPS) is 10.5. The summed E-state index contributed by atoms with van der Waals surface area (Å²) >= 11 is 11.7. The van der Waals surface area contributed by atoms with Gasteiger partial charge in [-0.05, 0) is 24.3 Å². The van der Waals surface area contributed by atoms with Gasteiger partial charge in [-0.1, -0.05) is 41.4 Å². The van der Waals surface area contributed by atoms with Gasteiger partial charge >= 0.3 is 0 Å². The number of hydrogen-bond acceptors (Lipinski definition) is 3. The molecule has 0 aliphatic rings. The zero-order chi connectivity index (χ0) is 15.7. The molecule has 0 aliphatic carbocycles. The molecule has 22 heavy (non-hydrogen) atoms. The van der Waals surface area contributed by atoms with Gasteiger partial charge in [0.25, 0.3) is 0 Å². The lowest BCUT2D eigenvalue weighted by molar-refractivity contribution is 0.629. The lowest BCUT2D eigenvalue weighted by Crippen LogP contribution is -1.98. The molecule has 108 valence electrons. The molecule has 1 heterocycles. The lowest BCUT2D eigenvalue weighted by atomic mass is 10.1. The van der Waals surface area contributed by atoms with Crippen molar-refractivity contribution in [3.05, 3.63) is 64.0 Å². The molecule has 1 aromatic heterocycles. The van der Waals surface area contributed by atoms with Gasteiger partial charge in [0.15, 0.2) is 0 Å². The number of hydrogen-bond donors (Lipinski definition) is 1. The second-order valence-corrected chi connectivity index (χ2v) is 5.30. The lowest BCUT2D eigenvalue weighted by Gasteiger charge is -2.13. The Labute approximate surface area is 135 Å². The van der Waals surface area contributed by atoms with E-state index < -0.39 is 5.82 Å². The highest BCUT2D eigenvalue weighted by molar-refractivity contribution is 6.32. The summed E-state index contributed by atoms with van der Waals surface area (Å²) in [5, 5.41) is 13.2. The summed E-state index contributed by atoms with van der Waals surface area (Å²) in [6.07, 6.45) is 0. The quantitative estimate of drug-likeness (QED) is 0.648. The van der Waals surface area contributed by atoms with Crippen molar-refractivity contribution in [2.45, 2.75) is 0 Å². The minimum absolute atomic E-state index is 0.0312. The number of anilines is 2. The fourth-order valence-corrected chi connectivity index (χ4v) is 2.48. The van der Waals surface area contributed by atoms with Crippen LogP contribution in [0.2, 0.25) is 10.2 Å². The zero-order valence-corrected chi connectivity index (χ0v) is 12.6. The van der Waals surface area contributed by atoms with Crippen LogP contribution in [-0.2, 0) is 0 Å². The van der Waals surface area contributed by atoms with E-state index in [1.807, 2.05) is 24.3 Å². The SMILES string of the molecule is N#Cc1c(Cl)nc2ccccc2c1Nc1ccc(Cl)c(F)c1. The first kappa shape index (κ1) is 14.6. The van der Waals surface area contributed by atoms with Crippen LogP contribution in [0.3, 0.4) is 0 Å². The molecule has 0 bridgehead atoms. The Morgan fingerprint density at radius 1 is 1.14 bits per heavy atom. The summed E-state index contributed by atoms with van der Waals surface area (Å²) < 4.78 is 13.6. The molecular weight excluding hydrogens is 324 g/mol. The van der Waals surface area contributed by atoms with Gasteiger partial charge in [-0.15, -0.1) is 0 Å². The molecule has 3 nitrogen and oxygen atoms in total. The zero-order valence-electron chi connectivity index (χ0n) is 11.1. The first-order valence-electron chi connectivity index (χ1n) is 6.30. The van der Waals surface area contributed by atoms with Gasteiger partial charge in [0.05, 0.1) is 16.2 Å². The first-order chi connectivity index (χ1) is 10.6. The van der Waals surface area contributed by atoms with Gasteiger partial charge in [-0.3, -0.25) is 0 Å².